The summed E-state index contributed by atoms with van der Waals surface area (Å²) >= 11 is 6.13. The van der Waals surface area contributed by atoms with Gasteiger partial charge >= 0.3 is 0 Å². The Bertz CT molecular complexity index is 874. The molecule has 27 heavy (non-hydrogen) atoms. The number of anilines is 1. The van der Waals surface area contributed by atoms with Crippen molar-refractivity contribution in [2.75, 3.05) is 5.32 Å². The van der Waals surface area contributed by atoms with Crippen molar-refractivity contribution < 1.29 is 9.00 Å². The van der Waals surface area contributed by atoms with Crippen LogP contribution in [0, 0.1) is 5.92 Å². The van der Waals surface area contributed by atoms with E-state index in [2.05, 4.69) is 10.4 Å². The molecule has 2 aliphatic rings. The van der Waals surface area contributed by atoms with Crippen LogP contribution < -0.4 is 5.32 Å². The lowest BCUT2D eigenvalue weighted by Gasteiger charge is -2.21. The topological polar surface area (TPSA) is 64.0 Å². The molecule has 0 radical (unpaired) electrons. The number of halogens is 1. The molecule has 1 fully saturated rings. The van der Waals surface area contributed by atoms with Crippen LogP contribution in [0.25, 0.3) is 5.69 Å². The maximum absolute atomic E-state index is 12.6. The van der Waals surface area contributed by atoms with Gasteiger partial charge in [-0.3, -0.25) is 9.00 Å². The van der Waals surface area contributed by atoms with Crippen molar-refractivity contribution in [2.24, 2.45) is 5.92 Å². The molecule has 1 aliphatic heterocycles. The summed E-state index contributed by atoms with van der Waals surface area (Å²) in [5.74, 6) is 2.19. The Morgan fingerprint density at radius 1 is 1.26 bits per heavy atom. The van der Waals surface area contributed by atoms with E-state index in [-0.39, 0.29) is 5.91 Å². The molecular weight excluding hydrogens is 382 g/mol. The number of hydrogen-bond acceptors (Lipinski definition) is 3. The lowest BCUT2D eigenvalue weighted by molar-refractivity contribution is -0.116. The fraction of sp³-hybridized carbons (Fsp3) is 0.500. The molecule has 4 rings (SSSR count). The molecule has 2 aromatic rings. The van der Waals surface area contributed by atoms with E-state index in [1.54, 1.807) is 10.7 Å². The first-order valence-electron chi connectivity index (χ1n) is 9.61. The molecular formula is C20H24ClN3O2S. The Morgan fingerprint density at radius 3 is 2.85 bits per heavy atom. The van der Waals surface area contributed by atoms with Crippen LogP contribution in [-0.2, 0) is 27.1 Å². The van der Waals surface area contributed by atoms with Crippen molar-refractivity contribution in [1.82, 2.24) is 9.78 Å². The third-order valence-electron chi connectivity index (χ3n) is 5.48. The number of nitrogens with one attached hydrogen (secondary N) is 1. The second kappa shape index (κ2) is 8.15. The van der Waals surface area contributed by atoms with E-state index < -0.39 is 10.8 Å². The van der Waals surface area contributed by atoms with E-state index in [4.69, 9.17) is 11.6 Å². The minimum absolute atomic E-state index is 0.00392. The van der Waals surface area contributed by atoms with Gasteiger partial charge in [-0.25, -0.2) is 4.68 Å². The highest BCUT2D eigenvalue weighted by molar-refractivity contribution is 7.83. The van der Waals surface area contributed by atoms with Gasteiger partial charge in [-0.1, -0.05) is 49.8 Å². The van der Waals surface area contributed by atoms with E-state index in [0.717, 1.165) is 23.4 Å². The average molecular weight is 406 g/mol. The molecule has 1 aliphatic carbocycles. The van der Waals surface area contributed by atoms with E-state index >= 15 is 0 Å². The smallest absolute Gasteiger partial charge is 0.225 e. The molecule has 1 saturated carbocycles. The van der Waals surface area contributed by atoms with Gasteiger partial charge in [0.1, 0.15) is 5.82 Å². The third-order valence-corrected chi connectivity index (χ3v) is 6.93. The number of hydrogen-bond donors (Lipinski definition) is 1. The minimum atomic E-state index is -0.943. The highest BCUT2D eigenvalue weighted by Crippen LogP contribution is 2.32. The Kier molecular flexibility index (Phi) is 5.64. The molecule has 7 heteroatoms. The Balaban J connectivity index is 1.53. The van der Waals surface area contributed by atoms with Crippen molar-refractivity contribution in [2.45, 2.75) is 56.5 Å². The van der Waals surface area contributed by atoms with Crippen LogP contribution in [0.5, 0.6) is 0 Å². The first-order chi connectivity index (χ1) is 13.1. The zero-order valence-electron chi connectivity index (χ0n) is 15.2. The van der Waals surface area contributed by atoms with Gasteiger partial charge in [-0.05, 0) is 30.5 Å². The summed E-state index contributed by atoms with van der Waals surface area (Å²) in [4.78, 5) is 12.6. The fourth-order valence-corrected chi connectivity index (χ4v) is 5.51. The second-order valence-corrected chi connectivity index (χ2v) is 9.38. The first-order valence-corrected chi connectivity index (χ1v) is 11.5. The predicted octanol–water partition coefficient (Wildman–Crippen LogP) is 4.59. The number of amides is 1. The number of carbonyl (C=O) groups is 1. The van der Waals surface area contributed by atoms with Crippen LogP contribution in [0.1, 0.15) is 56.2 Å². The Morgan fingerprint density at radius 2 is 2.07 bits per heavy atom. The molecule has 0 bridgehead atoms. The summed E-state index contributed by atoms with van der Waals surface area (Å²) in [5, 5.41) is 8.27. The molecule has 1 N–H and O–H groups in total. The zero-order chi connectivity index (χ0) is 18.8. The number of carbonyl (C=O) groups excluding carboxylic acids is 1. The van der Waals surface area contributed by atoms with Gasteiger partial charge in [0.25, 0.3) is 0 Å². The van der Waals surface area contributed by atoms with Crippen molar-refractivity contribution in [1.29, 1.82) is 0 Å². The highest BCUT2D eigenvalue weighted by atomic mass is 35.5. The number of rotatable bonds is 5. The van der Waals surface area contributed by atoms with Gasteiger partial charge in [0, 0.05) is 27.8 Å². The maximum atomic E-state index is 12.6. The van der Waals surface area contributed by atoms with Gasteiger partial charge in [-0.2, -0.15) is 5.10 Å². The predicted molar refractivity (Wildman–Crippen MR) is 109 cm³/mol. The maximum Gasteiger partial charge on any atom is 0.225 e. The van der Waals surface area contributed by atoms with Crippen molar-refractivity contribution >= 4 is 34.1 Å². The summed E-state index contributed by atoms with van der Waals surface area (Å²) in [5.41, 5.74) is 2.49. The average Bonchev–Trinajstić information content (AvgIpc) is 3.18. The summed E-state index contributed by atoms with van der Waals surface area (Å²) in [6.07, 6.45) is 7.82. The van der Waals surface area contributed by atoms with Crippen LogP contribution in [0.15, 0.2) is 24.3 Å². The van der Waals surface area contributed by atoms with Gasteiger partial charge in [0.15, 0.2) is 0 Å². The van der Waals surface area contributed by atoms with Gasteiger partial charge in [0.05, 0.1) is 22.9 Å². The lowest BCUT2D eigenvalue weighted by atomic mass is 9.86. The SMILES string of the molecule is O=C(CCC1CCCCC1)Nc1c2c(nn1-c1cccc(Cl)c1)CS(=O)C2. The largest absolute Gasteiger partial charge is 0.310 e. The van der Waals surface area contributed by atoms with Crippen LogP contribution in [0.4, 0.5) is 5.82 Å². The summed E-state index contributed by atoms with van der Waals surface area (Å²) in [6, 6.07) is 7.39. The first kappa shape index (κ1) is 18.7. The summed E-state index contributed by atoms with van der Waals surface area (Å²) < 4.78 is 13.7. The van der Waals surface area contributed by atoms with E-state index in [1.807, 2.05) is 18.2 Å². The van der Waals surface area contributed by atoms with Gasteiger partial charge in [-0.15, -0.1) is 0 Å². The summed E-state index contributed by atoms with van der Waals surface area (Å²) in [7, 11) is -0.943. The van der Waals surface area contributed by atoms with Crippen molar-refractivity contribution in [3.63, 3.8) is 0 Å². The van der Waals surface area contributed by atoms with E-state index in [9.17, 15) is 9.00 Å². The molecule has 1 amide bonds. The second-order valence-electron chi connectivity index (χ2n) is 7.48. The lowest BCUT2D eigenvalue weighted by Crippen LogP contribution is -2.18. The number of benzene rings is 1. The Hall–Kier alpha value is -1.66. The van der Waals surface area contributed by atoms with Crippen LogP contribution in [0.2, 0.25) is 5.02 Å². The molecule has 0 saturated heterocycles. The molecule has 1 aromatic carbocycles. The van der Waals surface area contributed by atoms with E-state index in [1.165, 1.54) is 32.1 Å². The van der Waals surface area contributed by atoms with E-state index in [0.29, 0.717) is 34.7 Å². The van der Waals surface area contributed by atoms with Gasteiger partial charge in [0.2, 0.25) is 5.91 Å². The third kappa shape index (κ3) is 4.27. The molecule has 1 unspecified atom stereocenters. The Labute approximate surface area is 166 Å². The normalized spacial score (nSPS) is 19.8. The molecule has 2 heterocycles. The minimum Gasteiger partial charge on any atom is -0.310 e. The highest BCUT2D eigenvalue weighted by Gasteiger charge is 2.28. The standard InChI is InChI=1S/C20H24ClN3O2S/c21-15-7-4-8-16(11-15)24-20(17-12-27(26)13-18(17)23-24)22-19(25)10-9-14-5-2-1-3-6-14/h4,7-8,11,14H,1-3,5-6,9-10,12-13H2,(H,22,25). The molecule has 0 spiro atoms. The number of nitrogens with zero attached hydrogens (tertiary/aromatic N) is 2. The van der Waals surface area contributed by atoms with Crippen LogP contribution in [0.3, 0.4) is 0 Å². The monoisotopic (exact) mass is 405 g/mol. The summed E-state index contributed by atoms with van der Waals surface area (Å²) in [6.45, 7) is 0. The zero-order valence-corrected chi connectivity index (χ0v) is 16.8. The van der Waals surface area contributed by atoms with Gasteiger partial charge < -0.3 is 5.32 Å². The molecule has 144 valence electrons. The number of aromatic nitrogens is 2. The van der Waals surface area contributed by atoms with Crippen molar-refractivity contribution in [3.05, 3.63) is 40.5 Å². The molecule has 1 aromatic heterocycles. The molecule has 1 atom stereocenters. The van der Waals surface area contributed by atoms with Crippen molar-refractivity contribution in [3.8, 4) is 5.69 Å². The molecule has 5 nitrogen and oxygen atoms in total. The quantitative estimate of drug-likeness (QED) is 0.791. The number of fused-ring (bicyclic) bond motifs is 1. The van der Waals surface area contributed by atoms with Crippen LogP contribution in [-0.4, -0.2) is 19.9 Å². The fourth-order valence-electron chi connectivity index (χ4n) is 4.06. The van der Waals surface area contributed by atoms with Crippen LogP contribution >= 0.6 is 11.6 Å².